The van der Waals surface area contributed by atoms with Crippen LogP contribution in [-0.4, -0.2) is 21.0 Å². The third-order valence-electron chi connectivity index (χ3n) is 4.79. The molecule has 32 heavy (non-hydrogen) atoms. The first-order valence-corrected chi connectivity index (χ1v) is 9.62. The molecule has 4 nitrogen and oxygen atoms in total. The molecule has 0 atom stereocenters. The minimum absolute atomic E-state index is 0. The molecule has 0 amide bonds. The molecule has 0 aliphatic carbocycles. The second kappa shape index (κ2) is 11.3. The fourth-order valence-electron chi connectivity index (χ4n) is 3.57. The molecule has 0 bridgehead atoms. The zero-order valence-corrected chi connectivity index (χ0v) is 19.4. The van der Waals surface area contributed by atoms with Crippen LogP contribution in [-0.2, 0) is 25.2 Å². The van der Waals surface area contributed by atoms with E-state index in [-0.39, 0.29) is 27.8 Å². The van der Waals surface area contributed by atoms with Crippen molar-refractivity contribution in [2.75, 3.05) is 0 Å². The maximum atomic E-state index is 9.00. The van der Waals surface area contributed by atoms with Gasteiger partial charge in [-0.15, -0.1) is 0 Å². The van der Waals surface area contributed by atoms with E-state index in [1.807, 2.05) is 24.5 Å². The molecule has 0 saturated heterocycles. The molecule has 164 valence electrons. The Morgan fingerprint density at radius 2 is 1.00 bits per heavy atom. The van der Waals surface area contributed by atoms with Crippen LogP contribution >= 0.6 is 0 Å². The normalized spacial score (nSPS) is 9.78. The van der Waals surface area contributed by atoms with E-state index in [4.69, 9.17) is 9.90 Å². The van der Waals surface area contributed by atoms with E-state index >= 15 is 0 Å². The van der Waals surface area contributed by atoms with Crippen LogP contribution in [0.5, 0.6) is 0 Å². The molecule has 2 heterocycles. The van der Waals surface area contributed by atoms with Gasteiger partial charge in [0.05, 0.1) is 11.0 Å². The maximum absolute atomic E-state index is 9.00. The fourth-order valence-corrected chi connectivity index (χ4v) is 3.57. The van der Waals surface area contributed by atoms with Gasteiger partial charge in [-0.2, -0.15) is 0 Å². The first-order valence-electron chi connectivity index (χ1n) is 9.62. The molecule has 0 aliphatic rings. The Hall–Kier alpha value is -3.39. The predicted molar refractivity (Wildman–Crippen MR) is 128 cm³/mol. The zero-order valence-electron chi connectivity index (χ0n) is 17.8. The van der Waals surface area contributed by atoms with Gasteiger partial charge in [0.1, 0.15) is 0 Å². The number of carbonyl (C=O) groups is 1. The smallest absolute Gasteiger partial charge is 0.300 e. The molecule has 3 aromatic carbocycles. The second-order valence-corrected chi connectivity index (χ2v) is 6.83. The molecule has 2 aromatic heterocycles. The third kappa shape index (κ3) is 5.26. The Labute approximate surface area is 201 Å². The Bertz CT molecular complexity index is 1220. The molecule has 0 saturated carbocycles. The molecule has 5 heteroatoms. The largest absolute Gasteiger partial charge is 0.481 e. The van der Waals surface area contributed by atoms with Crippen molar-refractivity contribution in [3.63, 3.8) is 0 Å². The molecule has 0 spiro atoms. The van der Waals surface area contributed by atoms with Crippen LogP contribution in [0, 0.1) is 7.43 Å². The van der Waals surface area contributed by atoms with Gasteiger partial charge in [0.2, 0.25) is 0 Å². The van der Waals surface area contributed by atoms with E-state index in [2.05, 4.69) is 82.8 Å². The van der Waals surface area contributed by atoms with E-state index in [0.717, 1.165) is 28.7 Å². The molecular weight excluding hydrogens is 491 g/mol. The minimum atomic E-state index is -0.833. The molecule has 0 unspecified atom stereocenters. The number of aliphatic carboxylic acids is 1. The van der Waals surface area contributed by atoms with Crippen LogP contribution in [0.4, 0.5) is 0 Å². The molecule has 0 aliphatic heterocycles. The summed E-state index contributed by atoms with van der Waals surface area (Å²) in [5, 5.41) is 9.67. The number of carboxylic acid groups (broad SMARTS) is 1. The van der Waals surface area contributed by atoms with Gasteiger partial charge in [-0.3, -0.25) is 14.8 Å². The van der Waals surface area contributed by atoms with E-state index in [0.29, 0.717) is 0 Å². The van der Waals surface area contributed by atoms with Crippen LogP contribution in [0.1, 0.15) is 6.92 Å². The standard InChI is InChI=1S/C24H16N2.C2H4O2.CH3.Pd/c1-3-7-17(8-4-1)19-13-15-25-23-21(19)11-12-22-20(14-16-26-24(22)23)18-9-5-2-6-10-18;1-2(3)4;;/h1-16H;1H3,(H,3,4);1H3;/q;;-1;. The van der Waals surface area contributed by atoms with Crippen molar-refractivity contribution < 1.29 is 30.3 Å². The van der Waals surface area contributed by atoms with Crippen LogP contribution in [0.15, 0.2) is 97.3 Å². The van der Waals surface area contributed by atoms with Crippen molar-refractivity contribution in [3.8, 4) is 22.3 Å². The summed E-state index contributed by atoms with van der Waals surface area (Å²) in [6.45, 7) is 1.08. The van der Waals surface area contributed by atoms with Crippen molar-refractivity contribution in [3.05, 3.63) is 105 Å². The molecule has 5 rings (SSSR count). The van der Waals surface area contributed by atoms with Crippen molar-refractivity contribution in [1.29, 1.82) is 0 Å². The summed E-state index contributed by atoms with van der Waals surface area (Å²) in [5.41, 5.74) is 6.65. The van der Waals surface area contributed by atoms with Gasteiger partial charge in [-0.1, -0.05) is 72.8 Å². The molecule has 1 N–H and O–H groups in total. The maximum Gasteiger partial charge on any atom is 0.300 e. The number of aromatic nitrogens is 2. The Kier molecular flexibility index (Phi) is 8.78. The van der Waals surface area contributed by atoms with E-state index in [1.54, 1.807) is 0 Å². The first-order chi connectivity index (χ1) is 14.6. The second-order valence-electron chi connectivity index (χ2n) is 6.83. The number of carboxylic acids is 1. The molecule has 0 radical (unpaired) electrons. The summed E-state index contributed by atoms with van der Waals surface area (Å²) >= 11 is 0. The van der Waals surface area contributed by atoms with Crippen LogP contribution in [0.25, 0.3) is 44.1 Å². The average molecular weight is 514 g/mol. The number of pyridine rings is 2. The van der Waals surface area contributed by atoms with E-state index in [9.17, 15) is 0 Å². The minimum Gasteiger partial charge on any atom is -0.481 e. The number of benzene rings is 3. The van der Waals surface area contributed by atoms with Crippen molar-refractivity contribution >= 4 is 27.8 Å². The molecule has 0 fully saturated rings. The summed E-state index contributed by atoms with van der Waals surface area (Å²) < 4.78 is 0. The number of hydrogen-bond acceptors (Lipinski definition) is 3. The van der Waals surface area contributed by atoms with Crippen molar-refractivity contribution in [2.24, 2.45) is 0 Å². The van der Waals surface area contributed by atoms with Gasteiger partial charge >= 0.3 is 0 Å². The topological polar surface area (TPSA) is 63.1 Å². The summed E-state index contributed by atoms with van der Waals surface area (Å²) in [5.74, 6) is -0.833. The Morgan fingerprint density at radius 3 is 1.34 bits per heavy atom. The van der Waals surface area contributed by atoms with Gasteiger partial charge in [0.25, 0.3) is 5.97 Å². The van der Waals surface area contributed by atoms with Crippen LogP contribution in [0.2, 0.25) is 0 Å². The quantitative estimate of drug-likeness (QED) is 0.163. The van der Waals surface area contributed by atoms with Crippen LogP contribution in [0.3, 0.4) is 0 Å². The summed E-state index contributed by atoms with van der Waals surface area (Å²) in [4.78, 5) is 18.3. The van der Waals surface area contributed by atoms with Crippen LogP contribution < -0.4 is 0 Å². The third-order valence-corrected chi connectivity index (χ3v) is 4.79. The summed E-state index contributed by atoms with van der Waals surface area (Å²) in [7, 11) is 0. The Morgan fingerprint density at radius 1 is 0.656 bits per heavy atom. The molecular formula is C27H23N2O2Pd-. The number of nitrogens with zero attached hydrogens (tertiary/aromatic N) is 2. The summed E-state index contributed by atoms with van der Waals surface area (Å²) in [6, 6.07) is 29.3. The van der Waals surface area contributed by atoms with E-state index in [1.165, 1.54) is 22.3 Å². The number of rotatable bonds is 2. The predicted octanol–water partition coefficient (Wildman–Crippen LogP) is 6.66. The Balaban J connectivity index is 0.000000562. The van der Waals surface area contributed by atoms with Crippen molar-refractivity contribution in [1.82, 2.24) is 9.97 Å². The zero-order chi connectivity index (χ0) is 20.9. The fraction of sp³-hybridized carbons (Fsp3) is 0.0370. The number of hydrogen-bond donors (Lipinski definition) is 1. The van der Waals surface area contributed by atoms with Gasteiger partial charge in [-0.25, -0.2) is 0 Å². The number of fused-ring (bicyclic) bond motifs is 3. The van der Waals surface area contributed by atoms with E-state index < -0.39 is 5.97 Å². The van der Waals surface area contributed by atoms with Crippen molar-refractivity contribution in [2.45, 2.75) is 6.92 Å². The van der Waals surface area contributed by atoms with Gasteiger partial charge in [0, 0.05) is 50.5 Å². The van der Waals surface area contributed by atoms with Gasteiger partial charge in [0.15, 0.2) is 0 Å². The average Bonchev–Trinajstić information content (AvgIpc) is 2.79. The monoisotopic (exact) mass is 513 g/mol. The van der Waals surface area contributed by atoms with Gasteiger partial charge in [-0.05, 0) is 34.4 Å². The molecule has 5 aromatic rings. The van der Waals surface area contributed by atoms with Gasteiger partial charge < -0.3 is 12.5 Å². The SMILES string of the molecule is CC(=O)O.[CH3-].[Pd].c1ccc(-c2ccnc3c2ccc2c(-c4ccccc4)ccnc23)cc1. The summed E-state index contributed by atoms with van der Waals surface area (Å²) in [6.07, 6.45) is 3.75. The first kappa shape index (κ1) is 24.9.